The number of aldehydes is 1. The summed E-state index contributed by atoms with van der Waals surface area (Å²) in [6.07, 6.45) is 4.88. The zero-order chi connectivity index (χ0) is 27.4. The molecule has 38 heavy (non-hydrogen) atoms. The summed E-state index contributed by atoms with van der Waals surface area (Å²) in [6, 6.07) is 4.64. The number of aliphatic hydroxyl groups is 1. The maximum Gasteiger partial charge on any atom is 0.275 e. The molecule has 0 radical (unpaired) electrons. The Morgan fingerprint density at radius 3 is 2.58 bits per heavy atom. The van der Waals surface area contributed by atoms with Gasteiger partial charge in [0.2, 0.25) is 10.0 Å². The molecule has 0 aliphatic carbocycles. The smallest absolute Gasteiger partial charge is 0.275 e. The molecule has 1 fully saturated rings. The topological polar surface area (TPSA) is 135 Å². The van der Waals surface area contributed by atoms with Crippen LogP contribution in [0.15, 0.2) is 27.9 Å². The summed E-state index contributed by atoms with van der Waals surface area (Å²) in [6.45, 7) is 5.23. The zero-order valence-electron chi connectivity index (χ0n) is 22.2. The van der Waals surface area contributed by atoms with Gasteiger partial charge in [-0.2, -0.15) is 4.31 Å². The number of carbonyl (C=O) groups excluding carboxylic acids is 1. The molecule has 1 aromatic carbocycles. The van der Waals surface area contributed by atoms with E-state index in [-0.39, 0.29) is 17.3 Å². The third kappa shape index (κ3) is 5.27. The standard InChI is InChI=1S/C27H36N4O6S/c1-4-6-20-22(17-33)30(3)25-24(20)28-26(29-27(25)34)21-16-19(7-8-23(21)37-15-5-2)38(35,36)31-12-9-18(10-13-31)11-14-32/h7-8,16-18,32H,4-6,9-15H2,1-3H3,(H,28,29,34). The minimum Gasteiger partial charge on any atom is -0.493 e. The SMILES string of the molecule is CCCOc1ccc(S(=O)(=O)N2CCC(CCO)CC2)cc1-c1nc2c(CCC)c(C=O)n(C)c2c(=O)[nH]1. The average Bonchev–Trinajstić information content (AvgIpc) is 3.18. The molecule has 0 unspecified atom stereocenters. The number of ether oxygens (including phenoxy) is 1. The number of hydrogen-bond donors (Lipinski definition) is 2. The molecule has 11 heteroatoms. The van der Waals surface area contributed by atoms with Gasteiger partial charge in [0.15, 0.2) is 6.29 Å². The van der Waals surface area contributed by atoms with E-state index in [1.807, 2.05) is 13.8 Å². The van der Waals surface area contributed by atoms with Crippen LogP contribution in [0.2, 0.25) is 0 Å². The molecule has 0 atom stereocenters. The number of aromatic amines is 1. The minimum atomic E-state index is -3.80. The van der Waals surface area contributed by atoms with Gasteiger partial charge >= 0.3 is 0 Å². The van der Waals surface area contributed by atoms with Crippen LogP contribution in [-0.4, -0.2) is 65.0 Å². The normalized spacial score (nSPS) is 15.3. The van der Waals surface area contributed by atoms with Gasteiger partial charge in [0.25, 0.3) is 5.56 Å². The second-order valence-corrected chi connectivity index (χ2v) is 11.7. The summed E-state index contributed by atoms with van der Waals surface area (Å²) in [4.78, 5) is 32.7. The molecule has 0 amide bonds. The lowest BCUT2D eigenvalue weighted by Gasteiger charge is -2.31. The Kier molecular flexibility index (Phi) is 8.69. The molecule has 1 aliphatic rings. The lowest BCUT2D eigenvalue weighted by atomic mass is 9.95. The molecular weight excluding hydrogens is 508 g/mol. The quantitative estimate of drug-likeness (QED) is 0.354. The van der Waals surface area contributed by atoms with E-state index in [1.54, 1.807) is 17.7 Å². The van der Waals surface area contributed by atoms with Crippen LogP contribution in [0.25, 0.3) is 22.4 Å². The van der Waals surface area contributed by atoms with E-state index in [2.05, 4.69) is 4.98 Å². The van der Waals surface area contributed by atoms with Crippen molar-refractivity contribution in [2.45, 2.75) is 57.3 Å². The first-order valence-corrected chi connectivity index (χ1v) is 14.7. The molecule has 206 valence electrons. The van der Waals surface area contributed by atoms with Gasteiger partial charge in [-0.1, -0.05) is 20.3 Å². The highest BCUT2D eigenvalue weighted by Crippen LogP contribution is 2.34. The van der Waals surface area contributed by atoms with Crippen LogP contribution in [0.1, 0.15) is 62.0 Å². The van der Waals surface area contributed by atoms with Gasteiger partial charge in [0, 0.05) is 32.3 Å². The Bertz CT molecular complexity index is 1470. The van der Waals surface area contributed by atoms with Gasteiger partial charge in [0.1, 0.15) is 22.6 Å². The summed E-state index contributed by atoms with van der Waals surface area (Å²) in [5.74, 6) is 0.915. The molecule has 2 N–H and O–H groups in total. The molecule has 3 heterocycles. The van der Waals surface area contributed by atoms with Gasteiger partial charge in [-0.05, 0) is 56.2 Å². The van der Waals surface area contributed by atoms with E-state index in [0.29, 0.717) is 84.9 Å². The van der Waals surface area contributed by atoms with Gasteiger partial charge in [-0.15, -0.1) is 0 Å². The number of aliphatic hydroxyl groups excluding tert-OH is 1. The summed E-state index contributed by atoms with van der Waals surface area (Å²) >= 11 is 0. The maximum atomic E-state index is 13.6. The molecule has 4 rings (SSSR count). The number of sulfonamides is 1. The molecule has 3 aromatic rings. The number of nitrogens with zero attached hydrogens (tertiary/aromatic N) is 3. The van der Waals surface area contributed by atoms with Gasteiger partial charge in [0.05, 0.1) is 22.8 Å². The van der Waals surface area contributed by atoms with Crippen molar-refractivity contribution in [3.63, 3.8) is 0 Å². The number of aromatic nitrogens is 3. The highest BCUT2D eigenvalue weighted by molar-refractivity contribution is 7.89. The summed E-state index contributed by atoms with van der Waals surface area (Å²) in [7, 11) is -2.14. The molecule has 1 saturated heterocycles. The number of rotatable bonds is 11. The lowest BCUT2D eigenvalue weighted by Crippen LogP contribution is -2.38. The fraction of sp³-hybridized carbons (Fsp3) is 0.519. The number of hydrogen-bond acceptors (Lipinski definition) is 7. The number of nitrogens with one attached hydrogen (secondary N) is 1. The molecule has 0 saturated carbocycles. The number of aryl methyl sites for hydroxylation is 2. The number of fused-ring (bicyclic) bond motifs is 1. The Balaban J connectivity index is 1.83. The number of piperidine rings is 1. The third-order valence-corrected chi connectivity index (χ3v) is 9.11. The van der Waals surface area contributed by atoms with Crippen molar-refractivity contribution in [1.82, 2.24) is 18.8 Å². The predicted molar refractivity (Wildman–Crippen MR) is 145 cm³/mol. The van der Waals surface area contributed by atoms with E-state index in [4.69, 9.17) is 9.72 Å². The Morgan fingerprint density at radius 2 is 1.95 bits per heavy atom. The molecule has 1 aliphatic heterocycles. The molecular formula is C27H36N4O6S. The first kappa shape index (κ1) is 28.0. The van der Waals surface area contributed by atoms with Crippen molar-refractivity contribution >= 4 is 27.3 Å². The van der Waals surface area contributed by atoms with Gasteiger partial charge in [-0.3, -0.25) is 9.59 Å². The Labute approximate surface area is 222 Å². The van der Waals surface area contributed by atoms with Crippen LogP contribution in [0.4, 0.5) is 0 Å². The number of carbonyl (C=O) groups is 1. The van der Waals surface area contributed by atoms with Crippen LogP contribution < -0.4 is 10.3 Å². The van der Waals surface area contributed by atoms with E-state index < -0.39 is 15.6 Å². The third-order valence-electron chi connectivity index (χ3n) is 7.21. The largest absolute Gasteiger partial charge is 0.493 e. The van der Waals surface area contributed by atoms with Crippen molar-refractivity contribution in [3.05, 3.63) is 39.8 Å². The zero-order valence-corrected chi connectivity index (χ0v) is 23.0. The first-order chi connectivity index (χ1) is 18.3. The highest BCUT2D eigenvalue weighted by atomic mass is 32.2. The second kappa shape index (κ2) is 11.8. The number of H-pyrrole nitrogens is 1. The molecule has 0 bridgehead atoms. The van der Waals surface area contributed by atoms with Crippen LogP contribution in [-0.2, 0) is 23.5 Å². The first-order valence-electron chi connectivity index (χ1n) is 13.2. The number of benzene rings is 1. The highest BCUT2D eigenvalue weighted by Gasteiger charge is 2.30. The van der Waals surface area contributed by atoms with Crippen molar-refractivity contribution < 1.29 is 23.1 Å². The molecule has 2 aromatic heterocycles. The Hall–Kier alpha value is -3.02. The minimum absolute atomic E-state index is 0.0927. The lowest BCUT2D eigenvalue weighted by molar-refractivity contribution is 0.111. The fourth-order valence-electron chi connectivity index (χ4n) is 5.17. The van der Waals surface area contributed by atoms with Crippen LogP contribution in [0.3, 0.4) is 0 Å². The van der Waals surface area contributed by atoms with Crippen LogP contribution in [0, 0.1) is 5.92 Å². The van der Waals surface area contributed by atoms with E-state index in [1.165, 1.54) is 16.4 Å². The van der Waals surface area contributed by atoms with Crippen LogP contribution in [0.5, 0.6) is 5.75 Å². The van der Waals surface area contributed by atoms with E-state index in [0.717, 1.165) is 19.1 Å². The van der Waals surface area contributed by atoms with Crippen molar-refractivity contribution in [2.75, 3.05) is 26.3 Å². The molecule has 0 spiro atoms. The van der Waals surface area contributed by atoms with Crippen molar-refractivity contribution in [3.8, 4) is 17.1 Å². The summed E-state index contributed by atoms with van der Waals surface area (Å²) in [5, 5.41) is 9.22. The predicted octanol–water partition coefficient (Wildman–Crippen LogP) is 3.27. The van der Waals surface area contributed by atoms with E-state index >= 15 is 0 Å². The van der Waals surface area contributed by atoms with Crippen molar-refractivity contribution in [2.24, 2.45) is 13.0 Å². The van der Waals surface area contributed by atoms with Crippen LogP contribution >= 0.6 is 0 Å². The average molecular weight is 545 g/mol. The molecule has 10 nitrogen and oxygen atoms in total. The monoisotopic (exact) mass is 544 g/mol. The van der Waals surface area contributed by atoms with Gasteiger partial charge in [-0.25, -0.2) is 13.4 Å². The fourth-order valence-corrected chi connectivity index (χ4v) is 6.67. The second-order valence-electron chi connectivity index (χ2n) is 9.77. The van der Waals surface area contributed by atoms with Gasteiger partial charge < -0.3 is 19.4 Å². The van der Waals surface area contributed by atoms with Crippen molar-refractivity contribution in [1.29, 1.82) is 0 Å². The van der Waals surface area contributed by atoms with E-state index in [9.17, 15) is 23.1 Å². The Morgan fingerprint density at radius 1 is 1.21 bits per heavy atom. The summed E-state index contributed by atoms with van der Waals surface area (Å²) < 4.78 is 36.1. The summed E-state index contributed by atoms with van der Waals surface area (Å²) in [5.41, 5.74) is 1.77. The maximum absolute atomic E-state index is 13.6.